The van der Waals surface area contributed by atoms with Crippen molar-refractivity contribution in [3.05, 3.63) is 17.5 Å². The molecule has 0 aliphatic carbocycles. The van der Waals surface area contributed by atoms with Gasteiger partial charge in [0.25, 0.3) is 0 Å². The zero-order chi connectivity index (χ0) is 9.10. The summed E-state index contributed by atoms with van der Waals surface area (Å²) >= 11 is 0. The third-order valence-electron chi connectivity index (χ3n) is 2.80. The molecule has 1 aromatic heterocycles. The number of aromatic amines is 1. The van der Waals surface area contributed by atoms with Gasteiger partial charge in [-0.3, -0.25) is 5.10 Å². The van der Waals surface area contributed by atoms with Crippen LogP contribution in [0.3, 0.4) is 0 Å². The minimum Gasteiger partial charge on any atom is -0.314 e. The Kier molecular flexibility index (Phi) is 2.64. The topological polar surface area (TPSA) is 40.7 Å². The molecular formula is C10H17N3. The van der Waals surface area contributed by atoms with Gasteiger partial charge >= 0.3 is 0 Å². The molecule has 1 saturated heterocycles. The van der Waals surface area contributed by atoms with Gasteiger partial charge in [-0.05, 0) is 31.4 Å². The first kappa shape index (κ1) is 8.75. The number of nitrogens with one attached hydrogen (secondary N) is 2. The lowest BCUT2D eigenvalue weighted by Gasteiger charge is -2.08. The molecule has 0 amide bonds. The summed E-state index contributed by atoms with van der Waals surface area (Å²) in [5.41, 5.74) is 2.69. The van der Waals surface area contributed by atoms with E-state index in [0.29, 0.717) is 6.04 Å². The zero-order valence-corrected chi connectivity index (χ0v) is 8.14. The van der Waals surface area contributed by atoms with Crippen LogP contribution in [0.15, 0.2) is 6.20 Å². The maximum Gasteiger partial charge on any atom is 0.0522 e. The molecule has 0 saturated carbocycles. The van der Waals surface area contributed by atoms with Gasteiger partial charge in [-0.25, -0.2) is 0 Å². The molecule has 1 aliphatic heterocycles. The van der Waals surface area contributed by atoms with E-state index >= 15 is 0 Å². The van der Waals surface area contributed by atoms with E-state index in [4.69, 9.17) is 0 Å². The van der Waals surface area contributed by atoms with E-state index in [1.54, 1.807) is 0 Å². The highest BCUT2D eigenvalue weighted by Crippen LogP contribution is 2.13. The number of hydrogen-bond acceptors (Lipinski definition) is 2. The Hall–Kier alpha value is -0.830. The normalized spacial score (nSPS) is 22.4. The predicted octanol–water partition coefficient (Wildman–Crippen LogP) is 1.27. The van der Waals surface area contributed by atoms with E-state index in [1.165, 1.54) is 30.6 Å². The third-order valence-corrected chi connectivity index (χ3v) is 2.80. The maximum atomic E-state index is 4.08. The molecule has 13 heavy (non-hydrogen) atoms. The first-order valence-corrected chi connectivity index (χ1v) is 5.14. The second kappa shape index (κ2) is 3.92. The van der Waals surface area contributed by atoms with Crippen molar-refractivity contribution in [1.82, 2.24) is 15.5 Å². The first-order chi connectivity index (χ1) is 6.40. The number of nitrogens with zero attached hydrogens (tertiary/aromatic N) is 1. The van der Waals surface area contributed by atoms with Gasteiger partial charge in [0.05, 0.1) is 6.20 Å². The third kappa shape index (κ3) is 1.91. The second-order valence-electron chi connectivity index (χ2n) is 3.72. The molecule has 2 heterocycles. The lowest BCUT2D eigenvalue weighted by molar-refractivity contribution is 0.592. The summed E-state index contributed by atoms with van der Waals surface area (Å²) in [6.07, 6.45) is 6.77. The fraction of sp³-hybridized carbons (Fsp3) is 0.700. The van der Waals surface area contributed by atoms with Crippen LogP contribution in [-0.2, 0) is 12.8 Å². The SMILES string of the molecule is CCc1cn[nH]c1CC1CCCN1. The van der Waals surface area contributed by atoms with Crippen molar-refractivity contribution in [2.45, 2.75) is 38.6 Å². The summed E-state index contributed by atoms with van der Waals surface area (Å²) < 4.78 is 0. The molecule has 3 heteroatoms. The van der Waals surface area contributed by atoms with Crippen molar-refractivity contribution >= 4 is 0 Å². The lowest BCUT2D eigenvalue weighted by Crippen LogP contribution is -2.24. The van der Waals surface area contributed by atoms with Gasteiger partial charge in [0, 0.05) is 18.2 Å². The van der Waals surface area contributed by atoms with Crippen LogP contribution >= 0.6 is 0 Å². The zero-order valence-electron chi connectivity index (χ0n) is 8.14. The smallest absolute Gasteiger partial charge is 0.0522 e. The van der Waals surface area contributed by atoms with E-state index in [2.05, 4.69) is 22.4 Å². The van der Waals surface area contributed by atoms with Crippen molar-refractivity contribution in [3.8, 4) is 0 Å². The fourth-order valence-electron chi connectivity index (χ4n) is 2.00. The average molecular weight is 179 g/mol. The highest BCUT2D eigenvalue weighted by molar-refractivity contribution is 5.17. The Bertz CT molecular complexity index is 261. The summed E-state index contributed by atoms with van der Waals surface area (Å²) in [5.74, 6) is 0. The van der Waals surface area contributed by atoms with Gasteiger partial charge in [-0.2, -0.15) is 5.10 Å². The Labute approximate surface area is 78.9 Å². The van der Waals surface area contributed by atoms with E-state index in [1.807, 2.05) is 6.20 Å². The fourth-order valence-corrected chi connectivity index (χ4v) is 2.00. The predicted molar refractivity (Wildman–Crippen MR) is 52.7 cm³/mol. The quantitative estimate of drug-likeness (QED) is 0.733. The molecule has 0 aromatic carbocycles. The molecule has 1 atom stereocenters. The molecule has 1 unspecified atom stereocenters. The van der Waals surface area contributed by atoms with Crippen LogP contribution in [0, 0.1) is 0 Å². The largest absolute Gasteiger partial charge is 0.314 e. The van der Waals surface area contributed by atoms with Crippen LogP contribution in [-0.4, -0.2) is 22.8 Å². The minimum atomic E-state index is 0.672. The van der Waals surface area contributed by atoms with Crippen molar-refractivity contribution in [2.75, 3.05) is 6.54 Å². The molecule has 2 rings (SSSR count). The van der Waals surface area contributed by atoms with Gasteiger partial charge in [-0.1, -0.05) is 6.92 Å². The summed E-state index contributed by atoms with van der Waals surface area (Å²) in [6.45, 7) is 3.36. The van der Waals surface area contributed by atoms with Gasteiger partial charge in [-0.15, -0.1) is 0 Å². The average Bonchev–Trinajstić information content (AvgIpc) is 2.76. The molecule has 1 fully saturated rings. The van der Waals surface area contributed by atoms with Gasteiger partial charge in [0.2, 0.25) is 0 Å². The van der Waals surface area contributed by atoms with Gasteiger partial charge in [0.15, 0.2) is 0 Å². The van der Waals surface area contributed by atoms with Crippen molar-refractivity contribution in [1.29, 1.82) is 0 Å². The first-order valence-electron chi connectivity index (χ1n) is 5.14. The molecule has 0 radical (unpaired) electrons. The molecule has 2 N–H and O–H groups in total. The van der Waals surface area contributed by atoms with Crippen LogP contribution in [0.25, 0.3) is 0 Å². The molecule has 0 spiro atoms. The minimum absolute atomic E-state index is 0.672. The molecule has 72 valence electrons. The monoisotopic (exact) mass is 179 g/mol. The van der Waals surface area contributed by atoms with Crippen LogP contribution in [0.5, 0.6) is 0 Å². The Morgan fingerprint density at radius 2 is 2.54 bits per heavy atom. The maximum absolute atomic E-state index is 4.08. The van der Waals surface area contributed by atoms with Crippen molar-refractivity contribution in [3.63, 3.8) is 0 Å². The van der Waals surface area contributed by atoms with Gasteiger partial charge in [0.1, 0.15) is 0 Å². The second-order valence-corrected chi connectivity index (χ2v) is 3.72. The molecule has 1 aliphatic rings. The summed E-state index contributed by atoms with van der Waals surface area (Å²) in [4.78, 5) is 0. The standard InChI is InChI=1S/C10H17N3/c1-2-8-7-12-13-10(8)6-9-4-3-5-11-9/h7,9,11H,2-6H2,1H3,(H,12,13). The molecule has 3 nitrogen and oxygen atoms in total. The summed E-state index contributed by atoms with van der Waals surface area (Å²) in [7, 11) is 0. The summed E-state index contributed by atoms with van der Waals surface area (Å²) in [5, 5.41) is 10.7. The number of hydrogen-bond donors (Lipinski definition) is 2. The number of aromatic nitrogens is 2. The number of rotatable bonds is 3. The van der Waals surface area contributed by atoms with Crippen molar-refractivity contribution < 1.29 is 0 Å². The van der Waals surface area contributed by atoms with E-state index < -0.39 is 0 Å². The van der Waals surface area contributed by atoms with Crippen molar-refractivity contribution in [2.24, 2.45) is 0 Å². The van der Waals surface area contributed by atoms with Gasteiger partial charge < -0.3 is 5.32 Å². The van der Waals surface area contributed by atoms with E-state index in [-0.39, 0.29) is 0 Å². The Morgan fingerprint density at radius 1 is 1.62 bits per heavy atom. The van der Waals surface area contributed by atoms with Crippen LogP contribution in [0.2, 0.25) is 0 Å². The highest BCUT2D eigenvalue weighted by atomic mass is 15.1. The Balaban J connectivity index is 1.99. The summed E-state index contributed by atoms with van der Waals surface area (Å²) in [6, 6.07) is 0.672. The van der Waals surface area contributed by atoms with Crippen LogP contribution in [0.1, 0.15) is 31.0 Å². The van der Waals surface area contributed by atoms with Crippen LogP contribution in [0.4, 0.5) is 0 Å². The molecule has 1 aromatic rings. The van der Waals surface area contributed by atoms with E-state index in [0.717, 1.165) is 12.8 Å². The highest BCUT2D eigenvalue weighted by Gasteiger charge is 2.16. The molecule has 0 bridgehead atoms. The number of aryl methyl sites for hydroxylation is 1. The van der Waals surface area contributed by atoms with E-state index in [9.17, 15) is 0 Å². The lowest BCUT2D eigenvalue weighted by atomic mass is 10.1. The number of H-pyrrole nitrogens is 1. The van der Waals surface area contributed by atoms with Crippen LogP contribution < -0.4 is 5.32 Å². The Morgan fingerprint density at radius 3 is 3.23 bits per heavy atom. The molecular weight excluding hydrogens is 162 g/mol.